The fourth-order valence-electron chi connectivity index (χ4n) is 3.69. The molecule has 1 aliphatic heterocycles. The largest absolute Gasteiger partial charge is 0.341 e. The molecule has 31 heavy (non-hydrogen) atoms. The van der Waals surface area contributed by atoms with E-state index in [2.05, 4.69) is 15.1 Å². The van der Waals surface area contributed by atoms with Gasteiger partial charge in [0, 0.05) is 26.7 Å². The van der Waals surface area contributed by atoms with E-state index in [-0.39, 0.29) is 17.5 Å². The first-order valence-corrected chi connectivity index (χ1v) is 11.5. The summed E-state index contributed by atoms with van der Waals surface area (Å²) in [7, 11) is 1.73. The first kappa shape index (κ1) is 21.4. The van der Waals surface area contributed by atoms with Crippen molar-refractivity contribution < 1.29 is 9.18 Å². The zero-order chi connectivity index (χ0) is 21.6. The minimum Gasteiger partial charge on any atom is -0.341 e. The molecule has 2 aromatic carbocycles. The second kappa shape index (κ2) is 9.96. The van der Waals surface area contributed by atoms with E-state index < -0.39 is 0 Å². The second-order valence-corrected chi connectivity index (χ2v) is 8.61. The monoisotopic (exact) mass is 439 g/mol. The van der Waals surface area contributed by atoms with Crippen molar-refractivity contribution in [3.05, 3.63) is 66.0 Å². The number of rotatable bonds is 7. The lowest BCUT2D eigenvalue weighted by atomic mass is 10.1. The molecule has 1 aromatic heterocycles. The number of nitrogens with zero attached hydrogens (tertiary/aromatic N) is 5. The number of carbonyl (C=O) groups is 1. The second-order valence-electron chi connectivity index (χ2n) is 7.67. The first-order chi connectivity index (χ1) is 15.1. The normalized spacial score (nSPS) is 13.9. The number of para-hydroxylation sites is 1. The maximum atomic E-state index is 13.4. The number of carbonyl (C=O) groups excluding carboxylic acids is 1. The SMILES string of the molecule is CN(Cc1cccc(F)c1)C(=O)CSc1nnc(N2CCCCC2)n1-c1ccccc1. The Bertz CT molecular complexity index is 1020. The van der Waals surface area contributed by atoms with Crippen molar-refractivity contribution in [3.8, 4) is 5.69 Å². The van der Waals surface area contributed by atoms with Gasteiger partial charge >= 0.3 is 0 Å². The van der Waals surface area contributed by atoms with Crippen LogP contribution in [0, 0.1) is 5.82 Å². The number of anilines is 1. The van der Waals surface area contributed by atoms with Gasteiger partial charge in [-0.15, -0.1) is 10.2 Å². The van der Waals surface area contributed by atoms with Crippen LogP contribution in [-0.4, -0.2) is 51.5 Å². The molecule has 0 aliphatic carbocycles. The number of aromatic nitrogens is 3. The van der Waals surface area contributed by atoms with Crippen LogP contribution in [0.1, 0.15) is 24.8 Å². The molecule has 0 spiro atoms. The van der Waals surface area contributed by atoms with Crippen LogP contribution in [0.15, 0.2) is 59.8 Å². The van der Waals surface area contributed by atoms with E-state index in [1.54, 1.807) is 18.0 Å². The summed E-state index contributed by atoms with van der Waals surface area (Å²) in [6, 6.07) is 16.3. The van der Waals surface area contributed by atoms with Crippen molar-refractivity contribution in [2.24, 2.45) is 0 Å². The number of amides is 1. The molecule has 0 saturated carbocycles. The Balaban J connectivity index is 1.49. The number of halogens is 1. The van der Waals surface area contributed by atoms with Gasteiger partial charge in [-0.25, -0.2) is 4.39 Å². The summed E-state index contributed by atoms with van der Waals surface area (Å²) in [5.74, 6) is 0.718. The van der Waals surface area contributed by atoms with E-state index in [1.165, 1.54) is 30.3 Å². The average molecular weight is 440 g/mol. The van der Waals surface area contributed by atoms with Crippen LogP contribution in [0.5, 0.6) is 0 Å². The highest BCUT2D eigenvalue weighted by Crippen LogP contribution is 2.28. The van der Waals surface area contributed by atoms with Crippen molar-refractivity contribution in [2.45, 2.75) is 31.0 Å². The summed E-state index contributed by atoms with van der Waals surface area (Å²) in [5, 5.41) is 9.57. The Morgan fingerprint density at radius 3 is 2.58 bits per heavy atom. The van der Waals surface area contributed by atoms with Gasteiger partial charge in [-0.3, -0.25) is 9.36 Å². The lowest BCUT2D eigenvalue weighted by Crippen LogP contribution is -2.31. The number of piperidine rings is 1. The lowest BCUT2D eigenvalue weighted by molar-refractivity contribution is -0.127. The standard InChI is InChI=1S/C23H26FN5OS/c1-27(16-18-9-8-10-19(24)15-18)21(30)17-31-23-26-25-22(28-13-6-3-7-14-28)29(23)20-11-4-2-5-12-20/h2,4-5,8-12,15H,3,6-7,13-14,16-17H2,1H3. The van der Waals surface area contributed by atoms with Gasteiger partial charge in [0.05, 0.1) is 11.4 Å². The molecule has 0 atom stereocenters. The number of hydrogen-bond donors (Lipinski definition) is 0. The Labute approximate surface area is 186 Å². The number of benzene rings is 2. The predicted octanol–water partition coefficient (Wildman–Crippen LogP) is 4.15. The van der Waals surface area contributed by atoms with Crippen LogP contribution in [0.2, 0.25) is 0 Å². The molecule has 8 heteroatoms. The fourth-order valence-corrected chi connectivity index (χ4v) is 4.58. The summed E-state index contributed by atoms with van der Waals surface area (Å²) < 4.78 is 15.5. The van der Waals surface area contributed by atoms with Crippen LogP contribution in [0.3, 0.4) is 0 Å². The first-order valence-electron chi connectivity index (χ1n) is 10.5. The van der Waals surface area contributed by atoms with Crippen LogP contribution in [0.4, 0.5) is 10.3 Å². The average Bonchev–Trinajstić information content (AvgIpc) is 3.22. The fraction of sp³-hybridized carbons (Fsp3) is 0.348. The summed E-state index contributed by atoms with van der Waals surface area (Å²) in [6.45, 7) is 2.29. The molecule has 6 nitrogen and oxygen atoms in total. The third-order valence-corrected chi connectivity index (χ3v) is 6.24. The van der Waals surface area contributed by atoms with Crippen LogP contribution in [0.25, 0.3) is 5.69 Å². The maximum Gasteiger partial charge on any atom is 0.233 e. The van der Waals surface area contributed by atoms with Gasteiger partial charge in [0.1, 0.15) is 5.82 Å². The molecule has 162 valence electrons. The van der Waals surface area contributed by atoms with E-state index in [0.717, 1.165) is 43.1 Å². The van der Waals surface area contributed by atoms with Crippen LogP contribution < -0.4 is 4.90 Å². The molecule has 0 radical (unpaired) electrons. The van der Waals surface area contributed by atoms with Crippen molar-refractivity contribution >= 4 is 23.6 Å². The van der Waals surface area contributed by atoms with Crippen molar-refractivity contribution in [3.63, 3.8) is 0 Å². The minimum absolute atomic E-state index is 0.0450. The highest BCUT2D eigenvalue weighted by Gasteiger charge is 2.22. The molecule has 1 amide bonds. The van der Waals surface area contributed by atoms with E-state index in [9.17, 15) is 9.18 Å². The third-order valence-electron chi connectivity index (χ3n) is 5.33. The minimum atomic E-state index is -0.297. The van der Waals surface area contributed by atoms with Gasteiger partial charge in [0.25, 0.3) is 0 Å². The van der Waals surface area contributed by atoms with Crippen LogP contribution in [-0.2, 0) is 11.3 Å². The summed E-state index contributed by atoms with van der Waals surface area (Å²) in [6.07, 6.45) is 3.53. The maximum absolute atomic E-state index is 13.4. The van der Waals surface area contributed by atoms with Gasteiger partial charge in [-0.2, -0.15) is 0 Å². The summed E-state index contributed by atoms with van der Waals surface area (Å²) in [5.41, 5.74) is 1.75. The molecular formula is C23H26FN5OS. The summed E-state index contributed by atoms with van der Waals surface area (Å²) >= 11 is 1.37. The summed E-state index contributed by atoms with van der Waals surface area (Å²) in [4.78, 5) is 16.6. The molecule has 1 aliphatic rings. The van der Waals surface area contributed by atoms with Gasteiger partial charge in [0.15, 0.2) is 5.16 Å². The number of hydrogen-bond acceptors (Lipinski definition) is 5. The van der Waals surface area contributed by atoms with E-state index in [1.807, 2.05) is 41.0 Å². The third kappa shape index (κ3) is 5.25. The Kier molecular flexibility index (Phi) is 6.86. The van der Waals surface area contributed by atoms with E-state index in [4.69, 9.17) is 0 Å². The van der Waals surface area contributed by atoms with E-state index in [0.29, 0.717) is 11.7 Å². The van der Waals surface area contributed by atoms with Crippen LogP contribution >= 0.6 is 11.8 Å². The Morgan fingerprint density at radius 1 is 1.06 bits per heavy atom. The number of thioether (sulfide) groups is 1. The van der Waals surface area contributed by atoms with Gasteiger partial charge in [-0.05, 0) is 49.1 Å². The zero-order valence-corrected chi connectivity index (χ0v) is 18.4. The molecule has 2 heterocycles. The molecule has 1 fully saturated rings. The lowest BCUT2D eigenvalue weighted by Gasteiger charge is -2.27. The van der Waals surface area contributed by atoms with Gasteiger partial charge in [0.2, 0.25) is 11.9 Å². The molecule has 0 N–H and O–H groups in total. The van der Waals surface area contributed by atoms with Crippen molar-refractivity contribution in [2.75, 3.05) is 30.8 Å². The molecule has 3 aromatic rings. The van der Waals surface area contributed by atoms with Gasteiger partial charge in [-0.1, -0.05) is 42.1 Å². The quantitative estimate of drug-likeness (QED) is 0.518. The highest BCUT2D eigenvalue weighted by molar-refractivity contribution is 7.99. The molecular weight excluding hydrogens is 413 g/mol. The highest BCUT2D eigenvalue weighted by atomic mass is 32.2. The predicted molar refractivity (Wildman–Crippen MR) is 121 cm³/mol. The Morgan fingerprint density at radius 2 is 1.84 bits per heavy atom. The zero-order valence-electron chi connectivity index (χ0n) is 17.6. The van der Waals surface area contributed by atoms with Gasteiger partial charge < -0.3 is 9.80 Å². The Hall–Kier alpha value is -2.87. The molecule has 0 unspecified atom stereocenters. The smallest absolute Gasteiger partial charge is 0.233 e. The van der Waals surface area contributed by atoms with Crippen molar-refractivity contribution in [1.82, 2.24) is 19.7 Å². The van der Waals surface area contributed by atoms with Crippen molar-refractivity contribution in [1.29, 1.82) is 0 Å². The molecule has 0 bridgehead atoms. The molecule has 4 rings (SSSR count). The molecule has 1 saturated heterocycles. The van der Waals surface area contributed by atoms with E-state index >= 15 is 0 Å². The topological polar surface area (TPSA) is 54.3 Å².